The summed E-state index contributed by atoms with van der Waals surface area (Å²) >= 11 is 0. The number of nitrogens with one attached hydrogen (secondary N) is 1. The molecule has 0 aromatic rings. The van der Waals surface area contributed by atoms with Gasteiger partial charge in [-0.1, -0.05) is 209 Å². The molecular weight excluding hydrogens is 727 g/mol. The maximum absolute atomic E-state index is 12.6. The van der Waals surface area contributed by atoms with Gasteiger partial charge in [0.25, 0.3) is 10.1 Å². The molecule has 6 nitrogen and oxygen atoms in total. The second kappa shape index (κ2) is 43.6. The average Bonchev–Trinajstić information content (AvgIpc) is 3.18. The topological polar surface area (TPSA) is 104 Å². The zero-order valence-electron chi connectivity index (χ0n) is 37.2. The molecule has 0 saturated carbocycles. The van der Waals surface area contributed by atoms with E-state index in [1.54, 1.807) is 6.08 Å². The van der Waals surface area contributed by atoms with Gasteiger partial charge in [-0.25, -0.2) is 0 Å². The van der Waals surface area contributed by atoms with E-state index in [1.807, 2.05) is 0 Å². The van der Waals surface area contributed by atoms with E-state index >= 15 is 0 Å². The first-order chi connectivity index (χ1) is 27.8. The van der Waals surface area contributed by atoms with E-state index in [-0.39, 0.29) is 12.3 Å². The molecule has 0 aliphatic rings. The Hall–Kier alpha value is -1.96. The number of amides is 1. The molecule has 0 saturated heterocycles. The molecule has 7 heteroatoms. The van der Waals surface area contributed by atoms with Gasteiger partial charge in [0.2, 0.25) is 5.91 Å². The van der Waals surface area contributed by atoms with Gasteiger partial charge in [-0.15, -0.1) is 0 Å². The first kappa shape index (κ1) is 55.0. The average molecular weight is 818 g/mol. The SMILES string of the molecule is CCCCCCC/C=C\C/C=C\CCCCCCCCCCCCCC(=O)NC(CS(=O)(=O)O)C(O)/C=C/CC/C=C/CC/C=C/CCCCCCCCCCC. The Balaban J connectivity index is 3.90. The molecular formula is C50H91NO5S. The third kappa shape index (κ3) is 45.0. The molecule has 0 heterocycles. The van der Waals surface area contributed by atoms with Gasteiger partial charge in [-0.05, 0) is 77.0 Å². The van der Waals surface area contributed by atoms with Gasteiger partial charge in [0.15, 0.2) is 0 Å². The molecule has 0 rings (SSSR count). The van der Waals surface area contributed by atoms with Gasteiger partial charge in [-0.3, -0.25) is 9.35 Å². The number of allylic oxidation sites excluding steroid dienone is 9. The van der Waals surface area contributed by atoms with Gasteiger partial charge in [0.05, 0.1) is 17.9 Å². The zero-order chi connectivity index (χ0) is 41.8. The number of carbonyl (C=O) groups excluding carboxylic acids is 1. The van der Waals surface area contributed by atoms with Crippen LogP contribution < -0.4 is 5.32 Å². The summed E-state index contributed by atoms with van der Waals surface area (Å²) in [5.74, 6) is -1.01. The van der Waals surface area contributed by atoms with Gasteiger partial charge in [0, 0.05) is 6.42 Å². The van der Waals surface area contributed by atoms with Crippen LogP contribution in [-0.2, 0) is 14.9 Å². The van der Waals surface area contributed by atoms with Crippen LogP contribution >= 0.6 is 0 Å². The van der Waals surface area contributed by atoms with Crippen molar-refractivity contribution in [3.8, 4) is 0 Å². The molecule has 3 N–H and O–H groups in total. The largest absolute Gasteiger partial charge is 0.387 e. The molecule has 2 atom stereocenters. The summed E-state index contributed by atoms with van der Waals surface area (Å²) in [6, 6.07) is -1.08. The second-order valence-corrected chi connectivity index (χ2v) is 17.9. The molecule has 0 fully saturated rings. The lowest BCUT2D eigenvalue weighted by atomic mass is 10.0. The molecule has 0 aliphatic heterocycles. The van der Waals surface area contributed by atoms with Crippen molar-refractivity contribution < 1.29 is 22.9 Å². The Bertz CT molecular complexity index is 1130. The lowest BCUT2D eigenvalue weighted by Crippen LogP contribution is -2.46. The van der Waals surface area contributed by atoms with E-state index in [9.17, 15) is 22.9 Å². The quantitative estimate of drug-likeness (QED) is 0.0323. The number of carbonyl (C=O) groups is 1. The summed E-state index contributed by atoms with van der Waals surface area (Å²) in [5.41, 5.74) is 0. The Morgan fingerprint density at radius 1 is 0.474 bits per heavy atom. The number of hydrogen-bond acceptors (Lipinski definition) is 4. The minimum atomic E-state index is -4.36. The first-order valence-electron chi connectivity index (χ1n) is 24.0. The summed E-state index contributed by atoms with van der Waals surface area (Å²) in [6.45, 7) is 4.53. The lowest BCUT2D eigenvalue weighted by Gasteiger charge is -2.21. The minimum Gasteiger partial charge on any atom is -0.387 e. The molecule has 1 amide bonds. The van der Waals surface area contributed by atoms with Crippen LogP contribution in [0.4, 0.5) is 0 Å². The highest BCUT2D eigenvalue weighted by Gasteiger charge is 2.24. The highest BCUT2D eigenvalue weighted by atomic mass is 32.2. The number of aliphatic hydroxyl groups is 1. The van der Waals surface area contributed by atoms with Crippen LogP contribution in [0.3, 0.4) is 0 Å². The standard InChI is InChI=1S/C50H91NO5S/c1-3-5-7-9-11-13-15-17-19-21-23-24-25-26-28-30-32-34-36-38-40-42-44-46-50(53)51-48(47-57(54,55)56)49(52)45-43-41-39-37-35-33-31-29-27-22-20-18-16-14-12-10-8-6-4-2/h15,17,21,23,27,29,35,37,43,45,48-49,52H,3-14,16,18-20,22,24-26,28,30-34,36,38-42,44,46-47H2,1-2H3,(H,51,53)(H,54,55,56)/b17-15-,23-21-,29-27+,37-35+,45-43+. The number of hydrogen-bond donors (Lipinski definition) is 3. The van der Waals surface area contributed by atoms with Crippen LogP contribution in [0.1, 0.15) is 232 Å². The highest BCUT2D eigenvalue weighted by molar-refractivity contribution is 7.85. The molecule has 0 aliphatic carbocycles. The van der Waals surface area contributed by atoms with Crippen molar-refractivity contribution in [1.82, 2.24) is 5.32 Å². The maximum atomic E-state index is 12.6. The minimum absolute atomic E-state index is 0.280. The summed E-state index contributed by atoms with van der Waals surface area (Å²) in [5, 5.41) is 13.3. The Morgan fingerprint density at radius 2 is 0.807 bits per heavy atom. The van der Waals surface area contributed by atoms with Crippen LogP contribution in [0.25, 0.3) is 0 Å². The summed E-state index contributed by atoms with van der Waals surface area (Å²) < 4.78 is 32.6. The van der Waals surface area contributed by atoms with E-state index in [0.717, 1.165) is 44.9 Å². The maximum Gasteiger partial charge on any atom is 0.267 e. The van der Waals surface area contributed by atoms with Crippen molar-refractivity contribution in [3.05, 3.63) is 60.8 Å². The Labute approximate surface area is 353 Å². The van der Waals surface area contributed by atoms with Gasteiger partial charge in [0.1, 0.15) is 0 Å². The fourth-order valence-electron chi connectivity index (χ4n) is 7.04. The number of unbranched alkanes of at least 4 members (excludes halogenated alkanes) is 27. The molecule has 332 valence electrons. The fourth-order valence-corrected chi connectivity index (χ4v) is 7.78. The third-order valence-corrected chi connectivity index (χ3v) is 11.4. The van der Waals surface area contributed by atoms with Gasteiger partial charge < -0.3 is 10.4 Å². The molecule has 57 heavy (non-hydrogen) atoms. The van der Waals surface area contributed by atoms with Crippen LogP contribution in [0.5, 0.6) is 0 Å². The van der Waals surface area contributed by atoms with E-state index in [2.05, 4.69) is 67.8 Å². The number of aliphatic hydroxyl groups excluding tert-OH is 1. The monoisotopic (exact) mass is 818 g/mol. The van der Waals surface area contributed by atoms with Crippen LogP contribution in [0, 0.1) is 0 Å². The zero-order valence-corrected chi connectivity index (χ0v) is 38.0. The summed E-state index contributed by atoms with van der Waals surface area (Å²) in [7, 11) is -4.36. The summed E-state index contributed by atoms with van der Waals surface area (Å²) in [6.07, 6.45) is 60.7. The first-order valence-corrected chi connectivity index (χ1v) is 25.6. The molecule has 0 radical (unpaired) electrons. The van der Waals surface area contributed by atoms with Gasteiger partial charge in [-0.2, -0.15) is 8.42 Å². The Kier molecular flexibility index (Phi) is 42.1. The number of rotatable bonds is 43. The predicted octanol–water partition coefficient (Wildman–Crippen LogP) is 14.8. The van der Waals surface area contributed by atoms with Crippen molar-refractivity contribution in [2.24, 2.45) is 0 Å². The van der Waals surface area contributed by atoms with Crippen molar-refractivity contribution in [1.29, 1.82) is 0 Å². The molecule has 2 unspecified atom stereocenters. The van der Waals surface area contributed by atoms with E-state index in [4.69, 9.17) is 0 Å². The van der Waals surface area contributed by atoms with E-state index in [0.29, 0.717) is 6.42 Å². The molecule has 0 bridgehead atoms. The predicted molar refractivity (Wildman–Crippen MR) is 248 cm³/mol. The van der Waals surface area contributed by atoms with Crippen LogP contribution in [0.15, 0.2) is 60.8 Å². The highest BCUT2D eigenvalue weighted by Crippen LogP contribution is 2.14. The van der Waals surface area contributed by atoms with E-state index in [1.165, 1.54) is 167 Å². The van der Waals surface area contributed by atoms with Crippen molar-refractivity contribution in [2.45, 2.75) is 244 Å². The van der Waals surface area contributed by atoms with Crippen molar-refractivity contribution in [3.63, 3.8) is 0 Å². The van der Waals surface area contributed by atoms with E-state index < -0.39 is 28.0 Å². The fraction of sp³-hybridized carbons (Fsp3) is 0.780. The second-order valence-electron chi connectivity index (χ2n) is 16.4. The van der Waals surface area contributed by atoms with Crippen LogP contribution in [-0.4, -0.2) is 41.9 Å². The molecule has 0 aromatic heterocycles. The summed E-state index contributed by atoms with van der Waals surface area (Å²) in [4.78, 5) is 12.6. The van der Waals surface area contributed by atoms with Gasteiger partial charge >= 0.3 is 0 Å². The Morgan fingerprint density at radius 3 is 1.21 bits per heavy atom. The smallest absolute Gasteiger partial charge is 0.267 e. The van der Waals surface area contributed by atoms with Crippen molar-refractivity contribution in [2.75, 3.05) is 5.75 Å². The third-order valence-electron chi connectivity index (χ3n) is 10.6. The lowest BCUT2D eigenvalue weighted by molar-refractivity contribution is -0.122. The van der Waals surface area contributed by atoms with Crippen LogP contribution in [0.2, 0.25) is 0 Å². The molecule has 0 aromatic carbocycles. The van der Waals surface area contributed by atoms with Crippen molar-refractivity contribution >= 4 is 16.0 Å². The molecule has 0 spiro atoms. The normalized spacial score (nSPS) is 13.7.